The fraction of sp³-hybridized carbons (Fsp3) is 0.278. The molecule has 5 nitrogen and oxygen atoms in total. The number of nitrogens with one attached hydrogen (secondary N) is 1. The van der Waals surface area contributed by atoms with Crippen molar-refractivity contribution in [2.75, 3.05) is 5.32 Å². The summed E-state index contributed by atoms with van der Waals surface area (Å²) in [4.78, 5) is 17.1. The molecule has 0 saturated heterocycles. The van der Waals surface area contributed by atoms with E-state index in [2.05, 4.69) is 15.4 Å². The zero-order chi connectivity index (χ0) is 16.6. The van der Waals surface area contributed by atoms with Crippen molar-refractivity contribution in [3.8, 4) is 0 Å². The highest BCUT2D eigenvalue weighted by molar-refractivity contribution is 5.99. The van der Waals surface area contributed by atoms with Crippen molar-refractivity contribution in [3.63, 3.8) is 0 Å². The summed E-state index contributed by atoms with van der Waals surface area (Å²) in [5, 5.41) is 8.27. The van der Waals surface area contributed by atoms with E-state index in [1.807, 2.05) is 64.2 Å². The molecule has 23 heavy (non-hydrogen) atoms. The Balaban J connectivity index is 1.89. The van der Waals surface area contributed by atoms with Crippen LogP contribution < -0.4 is 5.32 Å². The van der Waals surface area contributed by atoms with Crippen molar-refractivity contribution < 1.29 is 4.79 Å². The molecule has 5 heteroatoms. The first-order chi connectivity index (χ1) is 10.9. The summed E-state index contributed by atoms with van der Waals surface area (Å²) in [6.45, 7) is 5.77. The third-order valence-electron chi connectivity index (χ3n) is 4.18. The van der Waals surface area contributed by atoms with Crippen LogP contribution in [0.1, 0.15) is 25.1 Å². The minimum atomic E-state index is -0.625. The molecule has 0 unspecified atom stereocenters. The summed E-state index contributed by atoms with van der Waals surface area (Å²) in [6, 6.07) is 11.7. The fourth-order valence-corrected chi connectivity index (χ4v) is 2.65. The summed E-state index contributed by atoms with van der Waals surface area (Å²) in [5.41, 5.74) is 2.74. The van der Waals surface area contributed by atoms with Gasteiger partial charge in [-0.2, -0.15) is 5.10 Å². The molecule has 0 aliphatic rings. The maximum Gasteiger partial charge on any atom is 0.234 e. The highest BCUT2D eigenvalue weighted by atomic mass is 16.2. The average molecular weight is 308 g/mol. The van der Waals surface area contributed by atoms with E-state index in [1.54, 1.807) is 10.9 Å². The maximum absolute atomic E-state index is 12.7. The number of pyridine rings is 1. The van der Waals surface area contributed by atoms with Crippen molar-refractivity contribution in [2.24, 2.45) is 7.05 Å². The van der Waals surface area contributed by atoms with Crippen LogP contribution in [0.2, 0.25) is 0 Å². The van der Waals surface area contributed by atoms with Crippen molar-refractivity contribution >= 4 is 22.6 Å². The number of carbonyl (C=O) groups excluding carboxylic acids is 1. The molecule has 3 rings (SSSR count). The van der Waals surface area contributed by atoms with Gasteiger partial charge >= 0.3 is 0 Å². The van der Waals surface area contributed by atoms with Crippen LogP contribution in [0.3, 0.4) is 0 Å². The molecule has 0 bridgehead atoms. The molecule has 0 saturated carbocycles. The number of anilines is 1. The molecular weight excluding hydrogens is 288 g/mol. The van der Waals surface area contributed by atoms with Crippen LogP contribution in [0, 0.1) is 6.92 Å². The van der Waals surface area contributed by atoms with Crippen molar-refractivity contribution in [1.82, 2.24) is 14.8 Å². The molecule has 2 heterocycles. The lowest BCUT2D eigenvalue weighted by molar-refractivity contribution is -0.120. The Morgan fingerprint density at radius 2 is 1.91 bits per heavy atom. The second kappa shape index (κ2) is 5.50. The predicted molar refractivity (Wildman–Crippen MR) is 91.3 cm³/mol. The quantitative estimate of drug-likeness (QED) is 0.808. The summed E-state index contributed by atoms with van der Waals surface area (Å²) >= 11 is 0. The summed E-state index contributed by atoms with van der Waals surface area (Å²) in [7, 11) is 1.86. The van der Waals surface area contributed by atoms with Crippen LogP contribution >= 0.6 is 0 Å². The Labute approximate surface area is 135 Å². The van der Waals surface area contributed by atoms with Gasteiger partial charge in [-0.25, -0.2) is 4.98 Å². The van der Waals surface area contributed by atoms with Crippen LogP contribution in [-0.2, 0) is 17.3 Å². The van der Waals surface area contributed by atoms with Gasteiger partial charge in [0.1, 0.15) is 0 Å². The van der Waals surface area contributed by atoms with E-state index >= 15 is 0 Å². The summed E-state index contributed by atoms with van der Waals surface area (Å²) < 4.78 is 1.74. The minimum absolute atomic E-state index is 0.0635. The highest BCUT2D eigenvalue weighted by Gasteiger charge is 2.29. The average Bonchev–Trinajstić information content (AvgIpc) is 2.82. The molecule has 0 aliphatic carbocycles. The highest BCUT2D eigenvalue weighted by Crippen LogP contribution is 2.26. The molecule has 118 valence electrons. The van der Waals surface area contributed by atoms with Crippen LogP contribution in [-0.4, -0.2) is 20.7 Å². The number of hydrogen-bond donors (Lipinski definition) is 1. The zero-order valence-corrected chi connectivity index (χ0v) is 13.8. The first kappa shape index (κ1) is 15.2. The van der Waals surface area contributed by atoms with Gasteiger partial charge in [-0.1, -0.05) is 30.3 Å². The smallest absolute Gasteiger partial charge is 0.234 e. The second-order valence-electron chi connectivity index (χ2n) is 6.25. The summed E-state index contributed by atoms with van der Waals surface area (Å²) in [5.74, 6) is -0.0635. The fourth-order valence-electron chi connectivity index (χ4n) is 2.65. The largest absolute Gasteiger partial charge is 0.324 e. The molecule has 1 N–H and O–H groups in total. The van der Waals surface area contributed by atoms with Gasteiger partial charge in [0.2, 0.25) is 5.91 Å². The topological polar surface area (TPSA) is 59.8 Å². The van der Waals surface area contributed by atoms with Gasteiger partial charge in [-0.15, -0.1) is 0 Å². The van der Waals surface area contributed by atoms with Crippen molar-refractivity contribution in [3.05, 3.63) is 53.9 Å². The van der Waals surface area contributed by atoms with Crippen molar-refractivity contribution in [1.29, 1.82) is 0 Å². The molecule has 0 atom stereocenters. The number of carbonyl (C=O) groups is 1. The predicted octanol–water partition coefficient (Wildman–Crippen LogP) is 3.19. The Bertz CT molecular complexity index is 865. The molecule has 2 aromatic heterocycles. The van der Waals surface area contributed by atoms with Gasteiger partial charge in [0.25, 0.3) is 0 Å². The van der Waals surface area contributed by atoms with Crippen LogP contribution in [0.25, 0.3) is 11.0 Å². The van der Waals surface area contributed by atoms with Gasteiger partial charge in [0, 0.05) is 12.4 Å². The molecule has 0 aliphatic heterocycles. The Kier molecular flexibility index (Phi) is 3.64. The summed E-state index contributed by atoms with van der Waals surface area (Å²) in [6.07, 6.45) is 1.67. The first-order valence-corrected chi connectivity index (χ1v) is 7.56. The van der Waals surface area contributed by atoms with Gasteiger partial charge in [0.15, 0.2) is 5.65 Å². The Hall–Kier alpha value is -2.69. The van der Waals surface area contributed by atoms with E-state index < -0.39 is 5.41 Å². The molecule has 1 aromatic carbocycles. The standard InChI is InChI=1S/C18H20N4O/c1-12-15-10-14(11-19-16(15)22(4)21-12)20-17(23)18(2,3)13-8-6-5-7-9-13/h5-11H,1-4H3,(H,20,23). The number of rotatable bonds is 3. The Morgan fingerprint density at radius 1 is 1.22 bits per heavy atom. The van der Waals surface area contributed by atoms with E-state index in [0.717, 1.165) is 22.3 Å². The number of aromatic nitrogens is 3. The number of nitrogens with zero attached hydrogens (tertiary/aromatic N) is 3. The van der Waals surface area contributed by atoms with E-state index in [-0.39, 0.29) is 5.91 Å². The lowest BCUT2D eigenvalue weighted by atomic mass is 9.83. The van der Waals surface area contributed by atoms with Crippen molar-refractivity contribution in [2.45, 2.75) is 26.2 Å². The maximum atomic E-state index is 12.7. The van der Waals surface area contributed by atoms with E-state index in [1.165, 1.54) is 0 Å². The van der Waals surface area contributed by atoms with Gasteiger partial charge in [0.05, 0.1) is 23.0 Å². The minimum Gasteiger partial charge on any atom is -0.324 e. The van der Waals surface area contributed by atoms with Crippen LogP contribution in [0.15, 0.2) is 42.6 Å². The molecule has 3 aromatic rings. The number of hydrogen-bond acceptors (Lipinski definition) is 3. The number of aryl methyl sites for hydroxylation is 2. The van der Waals surface area contributed by atoms with Gasteiger partial charge in [-0.3, -0.25) is 9.48 Å². The molecule has 1 amide bonds. The van der Waals surface area contributed by atoms with Gasteiger partial charge < -0.3 is 5.32 Å². The van der Waals surface area contributed by atoms with E-state index in [0.29, 0.717) is 5.69 Å². The van der Waals surface area contributed by atoms with Crippen LogP contribution in [0.5, 0.6) is 0 Å². The third kappa shape index (κ3) is 2.70. The lowest BCUT2D eigenvalue weighted by Gasteiger charge is -2.24. The first-order valence-electron chi connectivity index (χ1n) is 7.56. The normalized spacial score (nSPS) is 11.7. The zero-order valence-electron chi connectivity index (χ0n) is 13.8. The second-order valence-corrected chi connectivity index (χ2v) is 6.25. The molecule has 0 fully saturated rings. The van der Waals surface area contributed by atoms with E-state index in [9.17, 15) is 4.79 Å². The molecule has 0 spiro atoms. The number of amides is 1. The molecule has 0 radical (unpaired) electrons. The Morgan fingerprint density at radius 3 is 2.61 bits per heavy atom. The lowest BCUT2D eigenvalue weighted by Crippen LogP contribution is -2.34. The van der Waals surface area contributed by atoms with Gasteiger partial charge in [-0.05, 0) is 32.4 Å². The monoisotopic (exact) mass is 308 g/mol. The number of benzene rings is 1. The number of fused-ring (bicyclic) bond motifs is 1. The third-order valence-corrected chi connectivity index (χ3v) is 4.18. The van der Waals surface area contributed by atoms with Crippen LogP contribution in [0.4, 0.5) is 5.69 Å². The van der Waals surface area contributed by atoms with E-state index in [4.69, 9.17) is 0 Å². The molecular formula is C18H20N4O. The SMILES string of the molecule is Cc1nn(C)c2ncc(NC(=O)C(C)(C)c3ccccc3)cc12.